The third kappa shape index (κ3) is 3.62. The van der Waals surface area contributed by atoms with Crippen LogP contribution in [0.1, 0.15) is 5.56 Å². The average Bonchev–Trinajstić information content (AvgIpc) is 3.09. The standard InChI is InChI=1S/C19H17N3O3S/c1-12-3-2-4-14(9-12)20-18(23)22-19-21-15(11-26-19)13-5-6-16-17(10-13)25-8-7-24-16/h2-6,9-11H,7-8H2,1H3,(H2,20,21,22,23). The van der Waals surface area contributed by atoms with Crippen molar-refractivity contribution in [2.24, 2.45) is 0 Å². The molecular formula is C19H17N3O3S. The van der Waals surface area contributed by atoms with Gasteiger partial charge in [0.15, 0.2) is 16.6 Å². The van der Waals surface area contributed by atoms with Crippen LogP contribution in [0.15, 0.2) is 47.8 Å². The lowest BCUT2D eigenvalue weighted by atomic mass is 10.1. The highest BCUT2D eigenvalue weighted by Crippen LogP contribution is 2.35. The maximum Gasteiger partial charge on any atom is 0.325 e. The van der Waals surface area contributed by atoms with Crippen molar-refractivity contribution < 1.29 is 14.3 Å². The molecule has 3 aromatic rings. The molecule has 7 heteroatoms. The molecule has 2 amide bonds. The quantitative estimate of drug-likeness (QED) is 0.713. The molecule has 0 saturated heterocycles. The van der Waals surface area contributed by atoms with E-state index in [0.29, 0.717) is 24.1 Å². The first-order valence-corrected chi connectivity index (χ1v) is 9.05. The summed E-state index contributed by atoms with van der Waals surface area (Å²) >= 11 is 1.37. The Labute approximate surface area is 154 Å². The van der Waals surface area contributed by atoms with Crippen molar-refractivity contribution >= 4 is 28.2 Å². The molecule has 0 unspecified atom stereocenters. The normalized spacial score (nSPS) is 12.5. The number of hydrogen-bond acceptors (Lipinski definition) is 5. The Kier molecular flexibility index (Phi) is 4.45. The van der Waals surface area contributed by atoms with Gasteiger partial charge in [0.1, 0.15) is 13.2 Å². The Morgan fingerprint density at radius 1 is 1.08 bits per heavy atom. The molecule has 132 valence electrons. The van der Waals surface area contributed by atoms with Gasteiger partial charge in [-0.3, -0.25) is 5.32 Å². The molecule has 1 aliphatic rings. The number of thiazole rings is 1. The van der Waals surface area contributed by atoms with Crippen molar-refractivity contribution in [2.45, 2.75) is 6.92 Å². The van der Waals surface area contributed by atoms with E-state index in [1.54, 1.807) is 0 Å². The largest absolute Gasteiger partial charge is 0.486 e. The molecule has 0 bridgehead atoms. The van der Waals surface area contributed by atoms with Gasteiger partial charge in [-0.1, -0.05) is 12.1 Å². The number of aromatic nitrogens is 1. The number of carbonyl (C=O) groups is 1. The number of fused-ring (bicyclic) bond motifs is 1. The molecule has 2 heterocycles. The number of carbonyl (C=O) groups excluding carboxylic acids is 1. The van der Waals surface area contributed by atoms with Gasteiger partial charge < -0.3 is 14.8 Å². The van der Waals surface area contributed by atoms with Crippen LogP contribution in [-0.2, 0) is 0 Å². The molecular weight excluding hydrogens is 350 g/mol. The van der Waals surface area contributed by atoms with Crippen LogP contribution in [0, 0.1) is 6.92 Å². The third-order valence-corrected chi connectivity index (χ3v) is 4.60. The van der Waals surface area contributed by atoms with E-state index in [-0.39, 0.29) is 6.03 Å². The lowest BCUT2D eigenvalue weighted by molar-refractivity contribution is 0.171. The molecule has 26 heavy (non-hydrogen) atoms. The lowest BCUT2D eigenvalue weighted by Gasteiger charge is -2.18. The van der Waals surface area contributed by atoms with Crippen LogP contribution in [0.5, 0.6) is 11.5 Å². The summed E-state index contributed by atoms with van der Waals surface area (Å²) in [4.78, 5) is 16.6. The zero-order valence-corrected chi connectivity index (χ0v) is 14.9. The number of aryl methyl sites for hydroxylation is 1. The molecule has 6 nitrogen and oxygen atoms in total. The number of hydrogen-bond donors (Lipinski definition) is 2. The van der Waals surface area contributed by atoms with Gasteiger partial charge in [-0.25, -0.2) is 9.78 Å². The lowest BCUT2D eigenvalue weighted by Crippen LogP contribution is -2.19. The predicted molar refractivity (Wildman–Crippen MR) is 102 cm³/mol. The minimum Gasteiger partial charge on any atom is -0.486 e. The number of urea groups is 1. The summed E-state index contributed by atoms with van der Waals surface area (Å²) in [6, 6.07) is 13.0. The Morgan fingerprint density at radius 2 is 1.92 bits per heavy atom. The van der Waals surface area contributed by atoms with Crippen molar-refractivity contribution in [2.75, 3.05) is 23.8 Å². The molecule has 0 aliphatic carbocycles. The Balaban J connectivity index is 1.45. The molecule has 0 atom stereocenters. The van der Waals surface area contributed by atoms with E-state index in [1.165, 1.54) is 11.3 Å². The number of amides is 2. The monoisotopic (exact) mass is 367 g/mol. The summed E-state index contributed by atoms with van der Waals surface area (Å²) < 4.78 is 11.1. The smallest absolute Gasteiger partial charge is 0.325 e. The fourth-order valence-corrected chi connectivity index (χ4v) is 3.36. The van der Waals surface area contributed by atoms with Crippen LogP contribution in [0.25, 0.3) is 11.3 Å². The van der Waals surface area contributed by atoms with Crippen LogP contribution >= 0.6 is 11.3 Å². The van der Waals surface area contributed by atoms with Gasteiger partial charge >= 0.3 is 6.03 Å². The van der Waals surface area contributed by atoms with Crippen LogP contribution in [0.4, 0.5) is 15.6 Å². The van der Waals surface area contributed by atoms with E-state index < -0.39 is 0 Å². The summed E-state index contributed by atoms with van der Waals surface area (Å²) in [6.45, 7) is 3.08. The van der Waals surface area contributed by atoms with Gasteiger partial charge in [-0.2, -0.15) is 0 Å². The molecule has 2 aromatic carbocycles. The number of nitrogens with one attached hydrogen (secondary N) is 2. The first-order chi connectivity index (χ1) is 12.7. The van der Waals surface area contributed by atoms with Gasteiger partial charge in [0.05, 0.1) is 5.69 Å². The maximum absolute atomic E-state index is 12.1. The fraction of sp³-hybridized carbons (Fsp3) is 0.158. The van der Waals surface area contributed by atoms with E-state index >= 15 is 0 Å². The second-order valence-corrected chi connectivity index (χ2v) is 6.70. The molecule has 0 fully saturated rings. The minimum atomic E-state index is -0.321. The van der Waals surface area contributed by atoms with Crippen molar-refractivity contribution in [3.63, 3.8) is 0 Å². The highest BCUT2D eigenvalue weighted by atomic mass is 32.1. The first-order valence-electron chi connectivity index (χ1n) is 8.17. The van der Waals surface area contributed by atoms with E-state index in [0.717, 1.165) is 28.3 Å². The average molecular weight is 367 g/mol. The summed E-state index contributed by atoms with van der Waals surface area (Å²) in [6.07, 6.45) is 0. The molecule has 4 rings (SSSR count). The van der Waals surface area contributed by atoms with Crippen LogP contribution in [0.3, 0.4) is 0 Å². The van der Waals surface area contributed by atoms with Crippen molar-refractivity contribution in [3.05, 3.63) is 53.4 Å². The van der Waals surface area contributed by atoms with Gasteiger partial charge in [0.25, 0.3) is 0 Å². The predicted octanol–water partition coefficient (Wildman–Crippen LogP) is 4.53. The number of ether oxygens (including phenoxy) is 2. The molecule has 0 spiro atoms. The second kappa shape index (κ2) is 7.05. The number of rotatable bonds is 3. The zero-order valence-electron chi connectivity index (χ0n) is 14.1. The summed E-state index contributed by atoms with van der Waals surface area (Å²) in [5.74, 6) is 1.46. The van der Waals surface area contributed by atoms with Crippen molar-refractivity contribution in [1.82, 2.24) is 4.98 Å². The number of benzene rings is 2. The van der Waals surface area contributed by atoms with Gasteiger partial charge in [-0.05, 0) is 42.8 Å². The van der Waals surface area contributed by atoms with E-state index in [9.17, 15) is 4.79 Å². The third-order valence-electron chi connectivity index (χ3n) is 3.84. The highest BCUT2D eigenvalue weighted by molar-refractivity contribution is 7.14. The summed E-state index contributed by atoms with van der Waals surface area (Å²) in [5.41, 5.74) is 3.51. The Morgan fingerprint density at radius 3 is 2.77 bits per heavy atom. The summed E-state index contributed by atoms with van der Waals surface area (Å²) in [5, 5.41) is 7.99. The molecule has 0 saturated carbocycles. The maximum atomic E-state index is 12.1. The second-order valence-electron chi connectivity index (χ2n) is 5.84. The van der Waals surface area contributed by atoms with E-state index in [2.05, 4.69) is 15.6 Å². The van der Waals surface area contributed by atoms with Gasteiger partial charge in [0.2, 0.25) is 0 Å². The van der Waals surface area contributed by atoms with Gasteiger partial charge in [0, 0.05) is 16.6 Å². The van der Waals surface area contributed by atoms with E-state index in [4.69, 9.17) is 9.47 Å². The number of anilines is 2. The Bertz CT molecular complexity index is 955. The molecule has 2 N–H and O–H groups in total. The SMILES string of the molecule is Cc1cccc(NC(=O)Nc2nc(-c3ccc4c(c3)OCCO4)cs2)c1. The topological polar surface area (TPSA) is 72.5 Å². The summed E-state index contributed by atoms with van der Waals surface area (Å²) in [7, 11) is 0. The first kappa shape index (κ1) is 16.4. The van der Waals surface area contributed by atoms with Crippen LogP contribution in [0.2, 0.25) is 0 Å². The van der Waals surface area contributed by atoms with Crippen LogP contribution < -0.4 is 20.1 Å². The van der Waals surface area contributed by atoms with Crippen molar-refractivity contribution in [3.8, 4) is 22.8 Å². The molecule has 0 radical (unpaired) electrons. The van der Waals surface area contributed by atoms with Crippen LogP contribution in [-0.4, -0.2) is 24.2 Å². The van der Waals surface area contributed by atoms with Crippen molar-refractivity contribution in [1.29, 1.82) is 0 Å². The Hall–Kier alpha value is -3.06. The fourth-order valence-electron chi connectivity index (χ4n) is 2.65. The van der Waals surface area contributed by atoms with Gasteiger partial charge in [-0.15, -0.1) is 11.3 Å². The molecule has 1 aromatic heterocycles. The minimum absolute atomic E-state index is 0.321. The molecule has 1 aliphatic heterocycles. The zero-order chi connectivity index (χ0) is 17.9. The van der Waals surface area contributed by atoms with E-state index in [1.807, 2.05) is 54.8 Å². The number of nitrogens with zero attached hydrogens (tertiary/aromatic N) is 1. The highest BCUT2D eigenvalue weighted by Gasteiger charge is 2.14.